The van der Waals surface area contributed by atoms with Gasteiger partial charge in [0.1, 0.15) is 0 Å². The van der Waals surface area contributed by atoms with E-state index in [9.17, 15) is 4.79 Å². The van der Waals surface area contributed by atoms with Gasteiger partial charge in [-0.05, 0) is 35.6 Å². The van der Waals surface area contributed by atoms with Gasteiger partial charge < -0.3 is 0 Å². The molecule has 0 N–H and O–H groups in total. The quantitative estimate of drug-likeness (QED) is 0.436. The highest BCUT2D eigenvalue weighted by Crippen LogP contribution is 2.43. The van der Waals surface area contributed by atoms with Gasteiger partial charge in [-0.15, -0.1) is 0 Å². The Bertz CT molecular complexity index is 942. The molecule has 2 heteroatoms. The molecule has 3 aromatic carbocycles. The summed E-state index contributed by atoms with van der Waals surface area (Å²) in [6.07, 6.45) is 10.5. The average Bonchev–Trinajstić information content (AvgIpc) is 2.80. The third-order valence-electron chi connectivity index (χ3n) is 5.95. The molecule has 0 radical (unpaired) electrons. The minimum atomic E-state index is -2.14. The maximum Gasteiger partial charge on any atom is 0.166 e. The van der Waals surface area contributed by atoms with Crippen LogP contribution in [-0.2, 0) is 0 Å². The summed E-state index contributed by atoms with van der Waals surface area (Å²) in [4.78, 5) is 13.5. The molecule has 1 saturated carbocycles. The minimum absolute atomic E-state index is 0.162. The van der Waals surface area contributed by atoms with Crippen LogP contribution in [0.4, 0.5) is 0 Å². The highest BCUT2D eigenvalue weighted by atomic mass is 31.2. The molecule has 28 heavy (non-hydrogen) atoms. The van der Waals surface area contributed by atoms with E-state index in [4.69, 9.17) is 6.30 Å². The van der Waals surface area contributed by atoms with Crippen molar-refractivity contribution in [1.82, 2.24) is 0 Å². The SMILES string of the molecule is C=P(c1ccccc1)(c1ccccc1)c1ccccc1C(=O)C1CCCCC1. The summed E-state index contributed by atoms with van der Waals surface area (Å²) in [7, 11) is 0. The summed E-state index contributed by atoms with van der Waals surface area (Å²) in [6, 6.07) is 29.2. The molecule has 142 valence electrons. The number of rotatable bonds is 5. The van der Waals surface area contributed by atoms with Crippen molar-refractivity contribution in [3.05, 3.63) is 90.5 Å². The number of hydrogen-bond acceptors (Lipinski definition) is 1. The van der Waals surface area contributed by atoms with Crippen molar-refractivity contribution < 1.29 is 4.79 Å². The molecule has 1 fully saturated rings. The van der Waals surface area contributed by atoms with Crippen molar-refractivity contribution in [2.75, 3.05) is 0 Å². The molecule has 0 heterocycles. The van der Waals surface area contributed by atoms with E-state index in [-0.39, 0.29) is 5.92 Å². The number of hydrogen-bond donors (Lipinski definition) is 0. The summed E-state index contributed by atoms with van der Waals surface area (Å²) >= 11 is 0. The monoisotopic (exact) mass is 386 g/mol. The molecule has 0 amide bonds. The molecule has 0 atom stereocenters. The molecule has 0 bridgehead atoms. The van der Waals surface area contributed by atoms with Gasteiger partial charge in [0.15, 0.2) is 5.78 Å². The van der Waals surface area contributed by atoms with Crippen molar-refractivity contribution in [2.45, 2.75) is 32.1 Å². The second-order valence-corrected chi connectivity index (χ2v) is 10.8. The standard InChI is InChI=1S/C26H27OP/c1-28(22-15-7-3-8-16-22,23-17-9-4-10-18-23)25-20-12-11-19-24(25)26(27)21-13-5-2-6-14-21/h3-4,7-12,15-21H,1-2,5-6,13-14H2. The molecule has 4 rings (SSSR count). The Morgan fingerprint density at radius 2 is 1.21 bits per heavy atom. The second-order valence-electron chi connectivity index (χ2n) is 7.70. The topological polar surface area (TPSA) is 17.1 Å². The van der Waals surface area contributed by atoms with Crippen LogP contribution in [-0.4, -0.2) is 12.1 Å². The van der Waals surface area contributed by atoms with Gasteiger partial charge in [-0.2, -0.15) is 0 Å². The van der Waals surface area contributed by atoms with Crippen LogP contribution in [0, 0.1) is 5.92 Å². The predicted molar refractivity (Wildman–Crippen MR) is 123 cm³/mol. The Morgan fingerprint density at radius 1 is 0.714 bits per heavy atom. The van der Waals surface area contributed by atoms with E-state index < -0.39 is 6.89 Å². The van der Waals surface area contributed by atoms with Crippen LogP contribution < -0.4 is 15.9 Å². The molecular formula is C26H27OP. The van der Waals surface area contributed by atoms with Crippen LogP contribution in [0.2, 0.25) is 0 Å². The molecule has 0 unspecified atom stereocenters. The van der Waals surface area contributed by atoms with Gasteiger partial charge in [0.05, 0.1) is 0 Å². The van der Waals surface area contributed by atoms with Gasteiger partial charge >= 0.3 is 0 Å². The lowest BCUT2D eigenvalue weighted by atomic mass is 9.84. The van der Waals surface area contributed by atoms with Crippen LogP contribution in [0.3, 0.4) is 0 Å². The van der Waals surface area contributed by atoms with Crippen molar-refractivity contribution in [3.63, 3.8) is 0 Å². The van der Waals surface area contributed by atoms with E-state index >= 15 is 0 Å². The zero-order valence-corrected chi connectivity index (χ0v) is 17.2. The molecule has 3 aromatic rings. The fourth-order valence-corrected chi connectivity index (χ4v) is 7.54. The van der Waals surface area contributed by atoms with E-state index in [1.54, 1.807) is 0 Å². The summed E-state index contributed by atoms with van der Waals surface area (Å²) in [5.74, 6) is 0.477. The van der Waals surface area contributed by atoms with E-state index in [2.05, 4.69) is 60.7 Å². The highest BCUT2D eigenvalue weighted by Gasteiger charge is 2.30. The lowest BCUT2D eigenvalue weighted by molar-refractivity contribution is 0.0891. The lowest BCUT2D eigenvalue weighted by Crippen LogP contribution is -2.31. The van der Waals surface area contributed by atoms with Gasteiger partial charge in [0, 0.05) is 11.5 Å². The second kappa shape index (κ2) is 8.33. The number of carbonyl (C=O) groups excluding carboxylic acids is 1. The molecule has 0 saturated heterocycles. The summed E-state index contributed by atoms with van der Waals surface area (Å²) in [5, 5.41) is 3.54. The Morgan fingerprint density at radius 3 is 1.79 bits per heavy atom. The van der Waals surface area contributed by atoms with Gasteiger partial charge in [-0.25, -0.2) is 0 Å². The predicted octanol–water partition coefficient (Wildman–Crippen LogP) is 5.18. The fourth-order valence-electron chi connectivity index (χ4n) is 4.39. The Labute approximate surface area is 168 Å². The Kier molecular flexibility index (Phi) is 5.64. The zero-order valence-electron chi connectivity index (χ0n) is 16.3. The number of benzene rings is 3. The molecule has 0 aromatic heterocycles. The normalized spacial score (nSPS) is 15.3. The fraction of sp³-hybridized carbons (Fsp3) is 0.231. The van der Waals surface area contributed by atoms with E-state index in [0.717, 1.165) is 23.7 Å². The maximum atomic E-state index is 13.5. The molecule has 0 aliphatic heterocycles. The van der Waals surface area contributed by atoms with Crippen molar-refractivity contribution in [1.29, 1.82) is 0 Å². The van der Waals surface area contributed by atoms with E-state index in [1.807, 2.05) is 24.3 Å². The summed E-state index contributed by atoms with van der Waals surface area (Å²) in [6.45, 7) is -2.14. The first-order valence-electron chi connectivity index (χ1n) is 10.2. The van der Waals surface area contributed by atoms with Gasteiger partial charge in [0.25, 0.3) is 0 Å². The molecule has 1 nitrogen and oxygen atoms in total. The van der Waals surface area contributed by atoms with Crippen LogP contribution in [0.25, 0.3) is 0 Å². The third-order valence-corrected chi connectivity index (χ3v) is 9.52. The first-order valence-corrected chi connectivity index (χ1v) is 12.2. The average molecular weight is 386 g/mol. The third kappa shape index (κ3) is 3.52. The largest absolute Gasteiger partial charge is 0.294 e. The van der Waals surface area contributed by atoms with Crippen molar-refractivity contribution >= 4 is 34.9 Å². The van der Waals surface area contributed by atoms with E-state index in [0.29, 0.717) is 5.78 Å². The number of Topliss-reactive ketones (excluding diaryl/α,β-unsaturated/α-hetero) is 1. The van der Waals surface area contributed by atoms with E-state index in [1.165, 1.54) is 29.9 Å². The smallest absolute Gasteiger partial charge is 0.166 e. The van der Waals surface area contributed by atoms with Crippen molar-refractivity contribution in [3.8, 4) is 0 Å². The maximum absolute atomic E-state index is 13.5. The highest BCUT2D eigenvalue weighted by molar-refractivity contribution is 7.93. The Hall–Kier alpha value is -2.37. The first-order chi connectivity index (χ1) is 13.7. The molecular weight excluding hydrogens is 359 g/mol. The van der Waals surface area contributed by atoms with Crippen LogP contribution >= 0.6 is 6.89 Å². The molecule has 0 spiro atoms. The van der Waals surface area contributed by atoms with Crippen LogP contribution in [0.15, 0.2) is 84.9 Å². The van der Waals surface area contributed by atoms with Gasteiger partial charge in [0.2, 0.25) is 0 Å². The summed E-state index contributed by atoms with van der Waals surface area (Å²) < 4.78 is 0. The van der Waals surface area contributed by atoms with Crippen LogP contribution in [0.5, 0.6) is 0 Å². The number of carbonyl (C=O) groups is 1. The molecule has 1 aliphatic carbocycles. The van der Waals surface area contributed by atoms with Gasteiger partial charge in [-0.1, -0.05) is 110 Å². The Balaban J connectivity index is 1.89. The van der Waals surface area contributed by atoms with Gasteiger partial charge in [-0.3, -0.25) is 4.79 Å². The van der Waals surface area contributed by atoms with Crippen LogP contribution in [0.1, 0.15) is 42.5 Å². The van der Waals surface area contributed by atoms with Crippen molar-refractivity contribution in [2.24, 2.45) is 5.92 Å². The minimum Gasteiger partial charge on any atom is -0.294 e. The first kappa shape index (κ1) is 19.0. The lowest BCUT2D eigenvalue weighted by Gasteiger charge is -2.30. The molecule has 1 aliphatic rings. The number of ketones is 1. The zero-order chi connectivity index (χ0) is 19.4. The summed E-state index contributed by atoms with van der Waals surface area (Å²) in [5.41, 5.74) is 0.880.